The Balaban J connectivity index is 2.75. The summed E-state index contributed by atoms with van der Waals surface area (Å²) in [5.74, 6) is 0. The molecule has 6 nitrogen and oxygen atoms in total. The number of rotatable bonds is 2. The number of hydrogen-bond donors (Lipinski definition) is 0. The van der Waals surface area contributed by atoms with E-state index in [1.165, 1.54) is 13.0 Å². The zero-order chi connectivity index (χ0) is 11.9. The molecule has 16 heavy (non-hydrogen) atoms. The average Bonchev–Trinajstić information content (AvgIpc) is 2.62. The van der Waals surface area contributed by atoms with Crippen molar-refractivity contribution in [2.45, 2.75) is 26.2 Å². The summed E-state index contributed by atoms with van der Waals surface area (Å²) in [5, 5.41) is 21.7. The molecule has 1 aromatic carbocycles. The van der Waals surface area contributed by atoms with Gasteiger partial charge < -0.3 is 0 Å². The van der Waals surface area contributed by atoms with Crippen LogP contribution >= 0.6 is 0 Å². The highest BCUT2D eigenvalue weighted by Gasteiger charge is 2.30. The van der Waals surface area contributed by atoms with Gasteiger partial charge in [-0.15, -0.1) is 0 Å². The number of benzene rings is 1. The summed E-state index contributed by atoms with van der Waals surface area (Å²) in [7, 11) is 0. The monoisotopic (exact) mass is 222 g/mol. The molecule has 1 aromatic rings. The molecule has 1 aliphatic carbocycles. The lowest BCUT2D eigenvalue weighted by molar-refractivity contribution is -0.395. The van der Waals surface area contributed by atoms with Crippen LogP contribution in [0.25, 0.3) is 0 Å². The summed E-state index contributed by atoms with van der Waals surface area (Å²) in [6.07, 6.45) is 2.17. The van der Waals surface area contributed by atoms with Crippen molar-refractivity contribution in [3.63, 3.8) is 0 Å². The van der Waals surface area contributed by atoms with Gasteiger partial charge in [-0.3, -0.25) is 20.2 Å². The highest BCUT2D eigenvalue weighted by atomic mass is 16.6. The minimum absolute atomic E-state index is 0.0679. The third-order valence-corrected chi connectivity index (χ3v) is 2.98. The molecule has 0 N–H and O–H groups in total. The Labute approximate surface area is 91.2 Å². The molecule has 0 fully saturated rings. The largest absolute Gasteiger partial charge is 0.282 e. The molecule has 84 valence electrons. The van der Waals surface area contributed by atoms with Crippen LogP contribution in [-0.2, 0) is 12.8 Å². The fraction of sp³-hybridized carbons (Fsp3) is 0.400. The van der Waals surface area contributed by atoms with Gasteiger partial charge in [0, 0.05) is 11.6 Å². The quantitative estimate of drug-likeness (QED) is 0.567. The molecule has 0 saturated carbocycles. The molecule has 0 radical (unpaired) electrons. The Hall–Kier alpha value is -1.98. The van der Waals surface area contributed by atoms with Gasteiger partial charge in [0.05, 0.1) is 9.85 Å². The first-order valence-electron chi connectivity index (χ1n) is 4.96. The molecule has 0 atom stereocenters. The number of nitro groups is 2. The number of aryl methyl sites for hydroxylation is 1. The van der Waals surface area contributed by atoms with E-state index in [9.17, 15) is 20.2 Å². The lowest BCUT2D eigenvalue weighted by Crippen LogP contribution is -2.02. The molecule has 0 spiro atoms. The summed E-state index contributed by atoms with van der Waals surface area (Å²) < 4.78 is 0. The van der Waals surface area contributed by atoms with Gasteiger partial charge >= 0.3 is 0 Å². The van der Waals surface area contributed by atoms with E-state index in [4.69, 9.17) is 0 Å². The van der Waals surface area contributed by atoms with Crippen LogP contribution in [0.4, 0.5) is 11.4 Å². The van der Waals surface area contributed by atoms with E-state index in [0.29, 0.717) is 18.4 Å². The molecule has 0 amide bonds. The maximum atomic E-state index is 10.9. The van der Waals surface area contributed by atoms with Gasteiger partial charge in [-0.2, -0.15) is 0 Å². The molecule has 0 heterocycles. The summed E-state index contributed by atoms with van der Waals surface area (Å²) >= 11 is 0. The molecule has 0 bridgehead atoms. The van der Waals surface area contributed by atoms with Crippen LogP contribution in [0.15, 0.2) is 6.07 Å². The Kier molecular flexibility index (Phi) is 2.34. The molecule has 6 heteroatoms. The number of hydrogen-bond acceptors (Lipinski definition) is 4. The first-order chi connectivity index (χ1) is 7.52. The Morgan fingerprint density at radius 3 is 2.44 bits per heavy atom. The highest BCUT2D eigenvalue weighted by Crippen LogP contribution is 2.38. The van der Waals surface area contributed by atoms with Crippen LogP contribution in [0.1, 0.15) is 23.1 Å². The van der Waals surface area contributed by atoms with Crippen LogP contribution in [0, 0.1) is 27.2 Å². The van der Waals surface area contributed by atoms with Crippen LogP contribution in [0.2, 0.25) is 0 Å². The van der Waals surface area contributed by atoms with Gasteiger partial charge in [-0.05, 0) is 31.7 Å². The second-order valence-electron chi connectivity index (χ2n) is 3.87. The Bertz CT molecular complexity index is 496. The van der Waals surface area contributed by atoms with Gasteiger partial charge in [0.15, 0.2) is 0 Å². The summed E-state index contributed by atoms with van der Waals surface area (Å²) in [6.45, 7) is 1.44. The van der Waals surface area contributed by atoms with E-state index >= 15 is 0 Å². The number of nitrogens with zero attached hydrogens (tertiary/aromatic N) is 2. The highest BCUT2D eigenvalue weighted by molar-refractivity contribution is 5.62. The third-order valence-electron chi connectivity index (χ3n) is 2.98. The van der Waals surface area contributed by atoms with E-state index in [1.54, 1.807) is 0 Å². The predicted molar refractivity (Wildman–Crippen MR) is 56.5 cm³/mol. The lowest BCUT2D eigenvalue weighted by atomic mass is 10.0. The van der Waals surface area contributed by atoms with Crippen molar-refractivity contribution in [3.8, 4) is 0 Å². The topological polar surface area (TPSA) is 86.3 Å². The number of nitro benzene ring substituents is 2. The molecular formula is C10H10N2O4. The van der Waals surface area contributed by atoms with Gasteiger partial charge in [0.2, 0.25) is 0 Å². The van der Waals surface area contributed by atoms with Crippen molar-refractivity contribution in [2.75, 3.05) is 0 Å². The predicted octanol–water partition coefficient (Wildman–Crippen LogP) is 2.30. The smallest absolute Gasteiger partial charge is 0.258 e. The maximum absolute atomic E-state index is 10.9. The fourth-order valence-electron chi connectivity index (χ4n) is 2.25. The molecule has 0 aliphatic heterocycles. The Morgan fingerprint density at radius 1 is 1.19 bits per heavy atom. The first-order valence-corrected chi connectivity index (χ1v) is 4.96. The second-order valence-corrected chi connectivity index (χ2v) is 3.87. The zero-order valence-corrected chi connectivity index (χ0v) is 8.73. The summed E-state index contributed by atoms with van der Waals surface area (Å²) in [5.41, 5.74) is 1.38. The van der Waals surface area contributed by atoms with Gasteiger partial charge in [0.25, 0.3) is 11.4 Å². The normalized spacial score (nSPS) is 13.6. The fourth-order valence-corrected chi connectivity index (χ4v) is 2.25. The van der Waals surface area contributed by atoms with Crippen LogP contribution in [0.3, 0.4) is 0 Å². The van der Waals surface area contributed by atoms with Crippen molar-refractivity contribution >= 4 is 11.4 Å². The lowest BCUT2D eigenvalue weighted by Gasteiger charge is -2.05. The molecule has 1 aliphatic rings. The van der Waals surface area contributed by atoms with Crippen molar-refractivity contribution in [1.29, 1.82) is 0 Å². The van der Waals surface area contributed by atoms with Crippen molar-refractivity contribution in [3.05, 3.63) is 43.0 Å². The van der Waals surface area contributed by atoms with E-state index in [2.05, 4.69) is 0 Å². The molecular weight excluding hydrogens is 212 g/mol. The van der Waals surface area contributed by atoms with Gasteiger partial charge in [0.1, 0.15) is 5.56 Å². The molecule has 2 rings (SSSR count). The Morgan fingerprint density at radius 2 is 1.88 bits per heavy atom. The van der Waals surface area contributed by atoms with Crippen molar-refractivity contribution in [1.82, 2.24) is 0 Å². The minimum Gasteiger partial charge on any atom is -0.258 e. The molecule has 0 saturated heterocycles. The van der Waals surface area contributed by atoms with Crippen molar-refractivity contribution in [2.24, 2.45) is 0 Å². The molecule has 0 unspecified atom stereocenters. The first kappa shape index (κ1) is 10.5. The maximum Gasteiger partial charge on any atom is 0.282 e. The summed E-state index contributed by atoms with van der Waals surface area (Å²) in [6, 6.07) is 1.48. The van der Waals surface area contributed by atoms with Crippen LogP contribution in [-0.4, -0.2) is 9.85 Å². The van der Waals surface area contributed by atoms with E-state index in [1.807, 2.05) is 0 Å². The van der Waals surface area contributed by atoms with Gasteiger partial charge in [-0.1, -0.05) is 0 Å². The zero-order valence-electron chi connectivity index (χ0n) is 8.73. The summed E-state index contributed by atoms with van der Waals surface area (Å²) in [4.78, 5) is 20.7. The third kappa shape index (κ3) is 1.42. The standard InChI is InChI=1S/C10H10N2O4/c1-6-9(11(13)14)5-7-3-2-4-8(7)10(6)12(15)16/h5H,2-4H2,1H3. The SMILES string of the molecule is Cc1c([N+](=O)[O-])cc2c(c1[N+](=O)[O-])CCC2. The van der Waals surface area contributed by atoms with E-state index in [-0.39, 0.29) is 16.9 Å². The van der Waals surface area contributed by atoms with E-state index < -0.39 is 9.85 Å². The van der Waals surface area contributed by atoms with E-state index in [0.717, 1.165) is 12.0 Å². The van der Waals surface area contributed by atoms with Gasteiger partial charge in [-0.25, -0.2) is 0 Å². The van der Waals surface area contributed by atoms with Crippen LogP contribution < -0.4 is 0 Å². The van der Waals surface area contributed by atoms with Crippen molar-refractivity contribution < 1.29 is 9.85 Å². The number of fused-ring (bicyclic) bond motifs is 1. The minimum atomic E-state index is -0.555. The molecule has 0 aromatic heterocycles. The second kappa shape index (κ2) is 3.55. The van der Waals surface area contributed by atoms with Crippen LogP contribution in [0.5, 0.6) is 0 Å². The average molecular weight is 222 g/mol.